The average molecular weight is 440 g/mol. The summed E-state index contributed by atoms with van der Waals surface area (Å²) in [6.07, 6.45) is 0. The molecule has 2 aromatic carbocycles. The topological polar surface area (TPSA) is 85.3 Å². The first kappa shape index (κ1) is 23.2. The summed E-state index contributed by atoms with van der Waals surface area (Å²) in [5.41, 5.74) is 1.20. The summed E-state index contributed by atoms with van der Waals surface area (Å²) >= 11 is 0. The van der Waals surface area contributed by atoms with Gasteiger partial charge in [0.25, 0.3) is 5.91 Å². The smallest absolute Gasteiger partial charge is 0.294 e. The van der Waals surface area contributed by atoms with Gasteiger partial charge in [-0.2, -0.15) is 0 Å². The molecule has 0 radical (unpaired) electrons. The summed E-state index contributed by atoms with van der Waals surface area (Å²) in [6.45, 7) is 7.13. The van der Waals surface area contributed by atoms with Crippen LogP contribution in [-0.2, 0) is 9.59 Å². The first-order chi connectivity index (χ1) is 15.1. The second-order valence-electron chi connectivity index (χ2n) is 8.66. The fourth-order valence-electron chi connectivity index (χ4n) is 3.90. The molecule has 1 aliphatic heterocycles. The molecule has 1 amide bonds. The molecular weight excluding hydrogens is 410 g/mol. The predicted molar refractivity (Wildman–Crippen MR) is 122 cm³/mol. The van der Waals surface area contributed by atoms with E-state index in [1.807, 2.05) is 25.1 Å². The lowest BCUT2D eigenvalue weighted by Gasteiger charge is -2.30. The summed E-state index contributed by atoms with van der Waals surface area (Å²) in [5, 5.41) is 10.9. The molecule has 7 heteroatoms. The monoisotopic (exact) mass is 439 g/mol. The van der Waals surface area contributed by atoms with Gasteiger partial charge in [0.15, 0.2) is 23.0 Å². The lowest BCUT2D eigenvalue weighted by Crippen LogP contribution is -2.33. The molecule has 1 aliphatic rings. The largest absolute Gasteiger partial charge is 0.503 e. The number of aliphatic hydroxyl groups is 1. The quantitative estimate of drug-likeness (QED) is 0.712. The van der Waals surface area contributed by atoms with Gasteiger partial charge in [0.05, 0.1) is 32.9 Å². The fraction of sp³-hybridized carbons (Fsp3) is 0.360. The number of ether oxygens (including phenoxy) is 3. The van der Waals surface area contributed by atoms with Crippen LogP contribution in [0.2, 0.25) is 0 Å². The highest BCUT2D eigenvalue weighted by atomic mass is 16.5. The molecule has 0 aliphatic carbocycles. The second kappa shape index (κ2) is 8.57. The Morgan fingerprint density at radius 2 is 1.56 bits per heavy atom. The summed E-state index contributed by atoms with van der Waals surface area (Å²) in [5.74, 6) is -0.348. The highest BCUT2D eigenvalue weighted by Gasteiger charge is 2.47. The maximum absolute atomic E-state index is 13.4. The number of methoxy groups -OCH3 is 3. The summed E-state index contributed by atoms with van der Waals surface area (Å²) in [7, 11) is 4.49. The van der Waals surface area contributed by atoms with Crippen molar-refractivity contribution in [1.82, 2.24) is 0 Å². The van der Waals surface area contributed by atoms with Crippen molar-refractivity contribution in [2.24, 2.45) is 5.41 Å². The Morgan fingerprint density at radius 3 is 2.03 bits per heavy atom. The van der Waals surface area contributed by atoms with E-state index in [4.69, 9.17) is 14.2 Å². The maximum Gasteiger partial charge on any atom is 0.294 e. The van der Waals surface area contributed by atoms with Crippen LogP contribution in [0.4, 0.5) is 5.69 Å². The minimum atomic E-state index is -0.871. The molecule has 0 aromatic heterocycles. The number of para-hydroxylation sites is 1. The van der Waals surface area contributed by atoms with Crippen LogP contribution >= 0.6 is 0 Å². The van der Waals surface area contributed by atoms with Crippen LogP contribution in [0.25, 0.3) is 0 Å². The molecule has 32 heavy (non-hydrogen) atoms. The molecular formula is C25H29NO6. The van der Waals surface area contributed by atoms with Crippen molar-refractivity contribution in [1.29, 1.82) is 0 Å². The average Bonchev–Trinajstić information content (AvgIpc) is 3.02. The van der Waals surface area contributed by atoms with Gasteiger partial charge in [0, 0.05) is 11.1 Å². The molecule has 1 unspecified atom stereocenters. The minimum Gasteiger partial charge on any atom is -0.503 e. The van der Waals surface area contributed by atoms with E-state index in [-0.39, 0.29) is 11.4 Å². The van der Waals surface area contributed by atoms with E-state index in [2.05, 4.69) is 0 Å². The zero-order valence-corrected chi connectivity index (χ0v) is 19.5. The van der Waals surface area contributed by atoms with E-state index < -0.39 is 23.1 Å². The molecule has 1 heterocycles. The third-order valence-corrected chi connectivity index (χ3v) is 5.51. The molecule has 1 atom stereocenters. The Balaban J connectivity index is 2.33. The first-order valence-corrected chi connectivity index (χ1v) is 10.2. The summed E-state index contributed by atoms with van der Waals surface area (Å²) in [4.78, 5) is 28.2. The normalized spacial score (nSPS) is 16.4. The van der Waals surface area contributed by atoms with Gasteiger partial charge < -0.3 is 19.3 Å². The van der Waals surface area contributed by atoms with E-state index >= 15 is 0 Å². The van der Waals surface area contributed by atoms with Crippen LogP contribution in [0.1, 0.15) is 37.9 Å². The third-order valence-electron chi connectivity index (χ3n) is 5.51. The molecule has 0 saturated heterocycles. The second-order valence-corrected chi connectivity index (χ2v) is 8.66. The SMILES string of the molecule is COc1cc(C2C(C(=O)C(C)(C)C)=C(O)C(=O)N2c2ccccc2C)cc(OC)c1OC. The number of ketones is 1. The zero-order valence-electron chi connectivity index (χ0n) is 19.5. The number of Topliss-reactive ketones (excluding diaryl/α,β-unsaturated/α-hetero) is 1. The molecule has 3 rings (SSSR count). The number of hydrogen-bond donors (Lipinski definition) is 1. The van der Waals surface area contributed by atoms with Crippen LogP contribution in [0, 0.1) is 12.3 Å². The highest BCUT2D eigenvalue weighted by molar-refractivity contribution is 6.17. The van der Waals surface area contributed by atoms with Crippen molar-refractivity contribution in [3.8, 4) is 17.2 Å². The van der Waals surface area contributed by atoms with Gasteiger partial charge in [-0.3, -0.25) is 14.5 Å². The van der Waals surface area contributed by atoms with Crippen molar-refractivity contribution in [2.45, 2.75) is 33.7 Å². The Kier molecular flexibility index (Phi) is 6.21. The number of carbonyl (C=O) groups is 2. The molecule has 0 spiro atoms. The number of nitrogens with zero attached hydrogens (tertiary/aromatic N) is 1. The lowest BCUT2D eigenvalue weighted by molar-refractivity contribution is -0.123. The maximum atomic E-state index is 13.4. The van der Waals surface area contributed by atoms with E-state index in [9.17, 15) is 14.7 Å². The number of hydrogen-bond acceptors (Lipinski definition) is 6. The van der Waals surface area contributed by atoms with Crippen LogP contribution in [-0.4, -0.2) is 38.1 Å². The van der Waals surface area contributed by atoms with Crippen LogP contribution in [0.15, 0.2) is 47.7 Å². The number of aryl methyl sites for hydroxylation is 1. The van der Waals surface area contributed by atoms with Crippen molar-refractivity contribution in [3.63, 3.8) is 0 Å². The Morgan fingerprint density at radius 1 is 1.00 bits per heavy atom. The van der Waals surface area contributed by atoms with Gasteiger partial charge in [-0.15, -0.1) is 0 Å². The van der Waals surface area contributed by atoms with E-state index in [0.717, 1.165) is 5.56 Å². The number of aliphatic hydroxyl groups excluding tert-OH is 1. The fourth-order valence-corrected chi connectivity index (χ4v) is 3.90. The van der Waals surface area contributed by atoms with Crippen LogP contribution < -0.4 is 19.1 Å². The molecule has 170 valence electrons. The molecule has 0 bridgehead atoms. The van der Waals surface area contributed by atoms with Gasteiger partial charge >= 0.3 is 0 Å². The van der Waals surface area contributed by atoms with Crippen molar-refractivity contribution in [2.75, 3.05) is 26.2 Å². The lowest BCUT2D eigenvalue weighted by atomic mass is 9.82. The third kappa shape index (κ3) is 3.79. The van der Waals surface area contributed by atoms with Crippen LogP contribution in [0.5, 0.6) is 17.2 Å². The van der Waals surface area contributed by atoms with Gasteiger partial charge in [-0.25, -0.2) is 0 Å². The summed E-state index contributed by atoms with van der Waals surface area (Å²) in [6, 6.07) is 9.85. The predicted octanol–water partition coefficient (Wildman–Crippen LogP) is 4.54. The Bertz CT molecular complexity index is 1070. The van der Waals surface area contributed by atoms with Crippen molar-refractivity contribution in [3.05, 3.63) is 58.9 Å². The molecule has 7 nitrogen and oxygen atoms in total. The van der Waals surface area contributed by atoms with Gasteiger partial charge in [-0.05, 0) is 36.2 Å². The van der Waals surface area contributed by atoms with E-state index in [0.29, 0.717) is 28.5 Å². The molecule has 0 fully saturated rings. The highest BCUT2D eigenvalue weighted by Crippen LogP contribution is 2.48. The van der Waals surface area contributed by atoms with Crippen LogP contribution in [0.3, 0.4) is 0 Å². The minimum absolute atomic E-state index is 0.0417. The number of carbonyl (C=O) groups excluding carboxylic acids is 2. The molecule has 2 aromatic rings. The standard InChI is InChI=1S/C25H29NO6/c1-14-10-8-9-11-16(14)26-20(19(21(27)24(26)29)23(28)25(2,3)4)15-12-17(30-5)22(32-7)18(13-15)31-6/h8-13,20,27H,1-7H3. The Labute approximate surface area is 188 Å². The van der Waals surface area contributed by atoms with Crippen molar-refractivity contribution < 1.29 is 28.9 Å². The summed E-state index contributed by atoms with van der Waals surface area (Å²) < 4.78 is 16.4. The molecule has 1 N–H and O–H groups in total. The van der Waals surface area contributed by atoms with Gasteiger partial charge in [0.2, 0.25) is 5.75 Å². The number of anilines is 1. The van der Waals surface area contributed by atoms with Crippen molar-refractivity contribution >= 4 is 17.4 Å². The number of rotatable bonds is 6. The van der Waals surface area contributed by atoms with Gasteiger partial charge in [0.1, 0.15) is 0 Å². The first-order valence-electron chi connectivity index (χ1n) is 10.2. The van der Waals surface area contributed by atoms with Gasteiger partial charge in [-0.1, -0.05) is 39.0 Å². The zero-order chi connectivity index (χ0) is 23.8. The van der Waals surface area contributed by atoms with E-state index in [1.165, 1.54) is 26.2 Å². The van der Waals surface area contributed by atoms with E-state index in [1.54, 1.807) is 39.0 Å². The Hall–Kier alpha value is -3.48. The number of amides is 1. The number of benzene rings is 2. The molecule has 0 saturated carbocycles.